The largest absolute Gasteiger partial charge is 0.393 e. The molecule has 0 atom stereocenters. The number of benzene rings is 1. The van der Waals surface area contributed by atoms with Crippen molar-refractivity contribution in [1.82, 2.24) is 9.88 Å². The van der Waals surface area contributed by atoms with Crippen molar-refractivity contribution in [1.29, 1.82) is 0 Å². The molecule has 1 saturated heterocycles. The first-order valence-corrected chi connectivity index (χ1v) is 9.58. The number of hydrogen-bond donors (Lipinski definition) is 1. The van der Waals surface area contributed by atoms with Crippen molar-refractivity contribution in [3.63, 3.8) is 0 Å². The summed E-state index contributed by atoms with van der Waals surface area (Å²) in [7, 11) is 0. The van der Waals surface area contributed by atoms with Gasteiger partial charge in [0.05, 0.1) is 12.3 Å². The van der Waals surface area contributed by atoms with Gasteiger partial charge in [0, 0.05) is 50.4 Å². The predicted octanol–water partition coefficient (Wildman–Crippen LogP) is 2.66. The Hall–Kier alpha value is -2.15. The molecule has 1 aliphatic heterocycles. The van der Waals surface area contributed by atoms with E-state index in [0.717, 1.165) is 56.2 Å². The van der Waals surface area contributed by atoms with Crippen LogP contribution in [0, 0.1) is 0 Å². The Morgan fingerprint density at radius 1 is 1.11 bits per heavy atom. The van der Waals surface area contributed by atoms with Crippen LogP contribution >= 0.6 is 11.6 Å². The third-order valence-corrected chi connectivity index (χ3v) is 4.80. The number of hydrogen-bond acceptors (Lipinski definition) is 6. The molecule has 27 heavy (non-hydrogen) atoms. The number of nitrogens with zero attached hydrogens (tertiary/aromatic N) is 4. The van der Waals surface area contributed by atoms with E-state index in [2.05, 4.69) is 26.0 Å². The van der Waals surface area contributed by atoms with Crippen molar-refractivity contribution >= 4 is 23.1 Å². The lowest BCUT2D eigenvalue weighted by Gasteiger charge is -2.35. The number of piperazine rings is 1. The summed E-state index contributed by atoms with van der Waals surface area (Å²) in [5, 5.41) is 13.8. The van der Waals surface area contributed by atoms with Gasteiger partial charge in [-0.1, -0.05) is 35.0 Å². The van der Waals surface area contributed by atoms with Gasteiger partial charge in [0.1, 0.15) is 12.4 Å². The summed E-state index contributed by atoms with van der Waals surface area (Å²) in [6.07, 6.45) is 2.61. The second kappa shape index (κ2) is 10.3. The molecule has 0 amide bonds. The average Bonchev–Trinajstić information content (AvgIpc) is 2.72. The van der Waals surface area contributed by atoms with Crippen molar-refractivity contribution in [3.05, 3.63) is 59.2 Å². The fourth-order valence-corrected chi connectivity index (χ4v) is 3.18. The Morgan fingerprint density at radius 3 is 2.56 bits per heavy atom. The second-order valence-corrected chi connectivity index (χ2v) is 6.80. The molecule has 1 aliphatic rings. The first-order chi connectivity index (χ1) is 13.3. The third kappa shape index (κ3) is 5.92. The Labute approximate surface area is 165 Å². The Balaban J connectivity index is 1.54. The second-order valence-electron chi connectivity index (χ2n) is 6.37. The minimum atomic E-state index is -0.0487. The van der Waals surface area contributed by atoms with Crippen LogP contribution in [0.5, 0.6) is 0 Å². The van der Waals surface area contributed by atoms with E-state index in [4.69, 9.17) is 21.5 Å². The van der Waals surface area contributed by atoms with Gasteiger partial charge in [-0.3, -0.25) is 4.90 Å². The van der Waals surface area contributed by atoms with Crippen molar-refractivity contribution in [3.8, 4) is 0 Å². The smallest absolute Gasteiger partial charge is 0.140 e. The summed E-state index contributed by atoms with van der Waals surface area (Å²) in [5.41, 5.74) is 1.86. The van der Waals surface area contributed by atoms with E-state index < -0.39 is 0 Å². The lowest BCUT2D eigenvalue weighted by molar-refractivity contribution is 0.0981. The van der Waals surface area contributed by atoms with Crippen LogP contribution < -0.4 is 4.90 Å². The maximum atomic E-state index is 8.91. The molecule has 1 aromatic heterocycles. The van der Waals surface area contributed by atoms with Crippen LogP contribution in [0.4, 0.5) is 5.82 Å². The summed E-state index contributed by atoms with van der Waals surface area (Å²) in [6, 6.07) is 13.6. The van der Waals surface area contributed by atoms with Gasteiger partial charge in [-0.2, -0.15) is 0 Å². The molecule has 0 bridgehead atoms. The number of aliphatic hydroxyl groups is 1. The highest BCUT2D eigenvalue weighted by molar-refractivity contribution is 6.30. The zero-order valence-electron chi connectivity index (χ0n) is 15.3. The summed E-state index contributed by atoms with van der Waals surface area (Å²) in [6.45, 7) is 4.95. The first kappa shape index (κ1) is 19.6. The van der Waals surface area contributed by atoms with Crippen LogP contribution in [-0.4, -0.2) is 66.6 Å². The highest BCUT2D eigenvalue weighted by Gasteiger charge is 2.18. The number of oxime groups is 1. The topological polar surface area (TPSA) is 61.2 Å². The number of pyridine rings is 1. The first-order valence-electron chi connectivity index (χ1n) is 9.20. The van der Waals surface area contributed by atoms with E-state index in [1.165, 1.54) is 0 Å². The van der Waals surface area contributed by atoms with Crippen LogP contribution in [0.3, 0.4) is 0 Å². The average molecular weight is 389 g/mol. The molecule has 2 aromatic rings. The summed E-state index contributed by atoms with van der Waals surface area (Å²) in [5.74, 6) is 1.04. The normalized spacial score (nSPS) is 15.8. The number of anilines is 1. The van der Waals surface area contributed by atoms with Gasteiger partial charge in [0.15, 0.2) is 0 Å². The Bertz CT molecular complexity index is 717. The molecule has 0 saturated carbocycles. The molecule has 0 radical (unpaired) electrons. The highest BCUT2D eigenvalue weighted by atomic mass is 35.5. The van der Waals surface area contributed by atoms with Gasteiger partial charge in [0.25, 0.3) is 0 Å². The maximum Gasteiger partial charge on any atom is 0.140 e. The molecule has 3 rings (SSSR count). The zero-order chi connectivity index (χ0) is 18.9. The molecule has 0 unspecified atom stereocenters. The number of halogens is 1. The van der Waals surface area contributed by atoms with Crippen LogP contribution in [0.25, 0.3) is 0 Å². The summed E-state index contributed by atoms with van der Waals surface area (Å²) < 4.78 is 0. The Kier molecular flexibility index (Phi) is 7.45. The number of aliphatic hydroxyl groups excluding tert-OH is 1. The van der Waals surface area contributed by atoms with E-state index in [0.29, 0.717) is 5.02 Å². The fraction of sp³-hybridized carbons (Fsp3) is 0.400. The van der Waals surface area contributed by atoms with Crippen molar-refractivity contribution in [2.75, 3.05) is 50.8 Å². The zero-order valence-corrected chi connectivity index (χ0v) is 16.1. The molecule has 144 valence electrons. The fourth-order valence-electron chi connectivity index (χ4n) is 3.05. The standard InChI is InChI=1S/C20H25ClN4O2/c21-18-6-4-17(5-7-18)19(23-27-16-15-26)8-10-24-11-13-25(14-12-24)20-3-1-2-9-22-20/h1-7,9,26H,8,10-16H2. The van der Waals surface area contributed by atoms with Crippen molar-refractivity contribution < 1.29 is 9.94 Å². The predicted molar refractivity (Wildman–Crippen MR) is 109 cm³/mol. The summed E-state index contributed by atoms with van der Waals surface area (Å²) in [4.78, 5) is 14.4. The van der Waals surface area contributed by atoms with Gasteiger partial charge in [-0.25, -0.2) is 4.98 Å². The van der Waals surface area contributed by atoms with E-state index in [1.807, 2.05) is 42.6 Å². The van der Waals surface area contributed by atoms with Crippen molar-refractivity contribution in [2.45, 2.75) is 6.42 Å². The van der Waals surface area contributed by atoms with Crippen molar-refractivity contribution in [2.24, 2.45) is 5.16 Å². The maximum absolute atomic E-state index is 8.91. The van der Waals surface area contributed by atoms with Crippen LogP contribution in [0.1, 0.15) is 12.0 Å². The minimum absolute atomic E-state index is 0.0487. The van der Waals surface area contributed by atoms with E-state index in [9.17, 15) is 0 Å². The minimum Gasteiger partial charge on any atom is -0.393 e. The van der Waals surface area contributed by atoms with Gasteiger partial charge >= 0.3 is 0 Å². The molecular formula is C20H25ClN4O2. The van der Waals surface area contributed by atoms with Gasteiger partial charge in [0.2, 0.25) is 0 Å². The number of aromatic nitrogens is 1. The van der Waals surface area contributed by atoms with E-state index in [-0.39, 0.29) is 13.2 Å². The third-order valence-electron chi connectivity index (χ3n) is 4.55. The summed E-state index contributed by atoms with van der Waals surface area (Å²) >= 11 is 5.98. The lowest BCUT2D eigenvalue weighted by atomic mass is 10.1. The van der Waals surface area contributed by atoms with Crippen LogP contribution in [0.2, 0.25) is 5.02 Å². The Morgan fingerprint density at radius 2 is 1.89 bits per heavy atom. The van der Waals surface area contributed by atoms with E-state index in [1.54, 1.807) is 0 Å². The molecule has 0 aliphatic carbocycles. The van der Waals surface area contributed by atoms with E-state index >= 15 is 0 Å². The molecule has 1 N–H and O–H groups in total. The van der Waals surface area contributed by atoms with Crippen LogP contribution in [0.15, 0.2) is 53.8 Å². The monoisotopic (exact) mass is 388 g/mol. The molecular weight excluding hydrogens is 364 g/mol. The van der Waals surface area contributed by atoms with Crippen LogP contribution in [-0.2, 0) is 4.84 Å². The quantitative estimate of drug-likeness (QED) is 0.428. The molecule has 1 aromatic carbocycles. The number of rotatable bonds is 8. The molecule has 1 fully saturated rings. The SMILES string of the molecule is OCCON=C(CCN1CCN(c2ccccn2)CC1)c1ccc(Cl)cc1. The van der Waals surface area contributed by atoms with Gasteiger partial charge < -0.3 is 14.8 Å². The van der Waals surface area contributed by atoms with Gasteiger partial charge in [-0.05, 0) is 29.8 Å². The molecule has 0 spiro atoms. The molecule has 6 nitrogen and oxygen atoms in total. The van der Waals surface area contributed by atoms with Gasteiger partial charge in [-0.15, -0.1) is 0 Å². The highest BCUT2D eigenvalue weighted by Crippen LogP contribution is 2.15. The molecule has 7 heteroatoms. The lowest BCUT2D eigenvalue weighted by Crippen LogP contribution is -2.47. The molecule has 2 heterocycles.